The van der Waals surface area contributed by atoms with Crippen molar-refractivity contribution in [3.63, 3.8) is 0 Å². The molecule has 2 N–H and O–H groups in total. The van der Waals surface area contributed by atoms with E-state index in [0.29, 0.717) is 12.3 Å². The lowest BCUT2D eigenvalue weighted by atomic mass is 9.96. The SMILES string of the molecule is CCCCN(C)C(=S)N1CCC(C(=O)NCc2ccc(O)c(OC)c2)CC1. The number of likely N-dealkylation sites (tertiary alicyclic amines) is 1. The van der Waals surface area contributed by atoms with Gasteiger partial charge in [0.25, 0.3) is 0 Å². The summed E-state index contributed by atoms with van der Waals surface area (Å²) in [5.41, 5.74) is 0.897. The van der Waals surface area contributed by atoms with Crippen molar-refractivity contribution >= 4 is 23.2 Å². The number of piperidine rings is 1. The van der Waals surface area contributed by atoms with E-state index in [1.807, 2.05) is 7.05 Å². The van der Waals surface area contributed by atoms with Gasteiger partial charge in [-0.2, -0.15) is 0 Å². The summed E-state index contributed by atoms with van der Waals surface area (Å²) in [6, 6.07) is 5.10. The van der Waals surface area contributed by atoms with Crippen LogP contribution in [0.25, 0.3) is 0 Å². The molecule has 0 aliphatic carbocycles. The number of benzene rings is 1. The first-order valence-electron chi connectivity index (χ1n) is 9.59. The molecule has 0 radical (unpaired) electrons. The number of methoxy groups -OCH3 is 1. The molecular formula is C20H31N3O3S. The summed E-state index contributed by atoms with van der Waals surface area (Å²) in [5, 5.41) is 13.5. The number of amides is 1. The normalized spacial score (nSPS) is 14.7. The zero-order valence-electron chi connectivity index (χ0n) is 16.5. The van der Waals surface area contributed by atoms with Crippen molar-refractivity contribution in [2.75, 3.05) is 33.8 Å². The van der Waals surface area contributed by atoms with Crippen LogP contribution in [0.3, 0.4) is 0 Å². The van der Waals surface area contributed by atoms with E-state index in [2.05, 4.69) is 22.0 Å². The van der Waals surface area contributed by atoms with Gasteiger partial charge in [-0.1, -0.05) is 19.4 Å². The molecule has 1 amide bonds. The number of nitrogens with zero attached hydrogens (tertiary/aromatic N) is 2. The van der Waals surface area contributed by atoms with Crippen LogP contribution in [0.4, 0.5) is 0 Å². The number of unbranched alkanes of at least 4 members (excludes halogenated alkanes) is 1. The highest BCUT2D eigenvalue weighted by Gasteiger charge is 2.26. The highest BCUT2D eigenvalue weighted by molar-refractivity contribution is 7.80. The molecule has 7 heteroatoms. The summed E-state index contributed by atoms with van der Waals surface area (Å²) < 4.78 is 5.10. The van der Waals surface area contributed by atoms with Crippen LogP contribution >= 0.6 is 12.2 Å². The zero-order valence-corrected chi connectivity index (χ0v) is 17.3. The van der Waals surface area contributed by atoms with Gasteiger partial charge in [0.2, 0.25) is 5.91 Å². The van der Waals surface area contributed by atoms with Crippen molar-refractivity contribution in [2.45, 2.75) is 39.2 Å². The quantitative estimate of drug-likeness (QED) is 0.695. The lowest BCUT2D eigenvalue weighted by Gasteiger charge is -2.36. The second kappa shape index (κ2) is 10.3. The van der Waals surface area contributed by atoms with Crippen LogP contribution in [-0.2, 0) is 11.3 Å². The molecule has 27 heavy (non-hydrogen) atoms. The van der Waals surface area contributed by atoms with E-state index >= 15 is 0 Å². The molecule has 0 bridgehead atoms. The lowest BCUT2D eigenvalue weighted by molar-refractivity contribution is -0.126. The topological polar surface area (TPSA) is 65.0 Å². The molecule has 1 aliphatic heterocycles. The molecule has 1 aromatic carbocycles. The second-order valence-electron chi connectivity index (χ2n) is 7.04. The first kappa shape index (κ1) is 21.3. The summed E-state index contributed by atoms with van der Waals surface area (Å²) in [6.07, 6.45) is 3.92. The van der Waals surface area contributed by atoms with Gasteiger partial charge >= 0.3 is 0 Å². The minimum Gasteiger partial charge on any atom is -0.504 e. The molecule has 6 nitrogen and oxygen atoms in total. The Morgan fingerprint density at radius 1 is 1.41 bits per heavy atom. The average Bonchev–Trinajstić information content (AvgIpc) is 2.70. The Bertz CT molecular complexity index is 645. The Hall–Kier alpha value is -2.02. The van der Waals surface area contributed by atoms with Crippen LogP contribution in [-0.4, -0.2) is 59.7 Å². The van der Waals surface area contributed by atoms with Crippen LogP contribution in [0.5, 0.6) is 11.5 Å². The second-order valence-corrected chi connectivity index (χ2v) is 7.41. The minimum atomic E-state index is 0.0176. The van der Waals surface area contributed by atoms with Crippen molar-refractivity contribution in [1.29, 1.82) is 0 Å². The van der Waals surface area contributed by atoms with Gasteiger partial charge < -0.3 is 25.0 Å². The van der Waals surface area contributed by atoms with E-state index in [4.69, 9.17) is 17.0 Å². The molecular weight excluding hydrogens is 362 g/mol. The molecule has 0 aromatic heterocycles. The number of carbonyl (C=O) groups is 1. The predicted octanol–water partition coefficient (Wildman–Crippen LogP) is 2.75. The summed E-state index contributed by atoms with van der Waals surface area (Å²) >= 11 is 5.58. The third-order valence-electron chi connectivity index (χ3n) is 5.02. The molecule has 0 atom stereocenters. The molecule has 1 aliphatic rings. The number of rotatable bonds is 7. The Balaban J connectivity index is 1.78. The van der Waals surface area contributed by atoms with Crippen molar-refractivity contribution in [3.8, 4) is 11.5 Å². The van der Waals surface area contributed by atoms with Gasteiger partial charge in [-0.05, 0) is 49.2 Å². The van der Waals surface area contributed by atoms with E-state index in [1.54, 1.807) is 18.2 Å². The van der Waals surface area contributed by atoms with E-state index in [9.17, 15) is 9.90 Å². The predicted molar refractivity (Wildman–Crippen MR) is 111 cm³/mol. The molecule has 1 fully saturated rings. The number of phenolic OH excluding ortho intramolecular Hbond substituents is 1. The van der Waals surface area contributed by atoms with Gasteiger partial charge in [-0.25, -0.2) is 0 Å². The number of hydrogen-bond acceptors (Lipinski definition) is 4. The number of thiocarbonyl (C=S) groups is 1. The fourth-order valence-electron chi connectivity index (χ4n) is 3.23. The summed E-state index contributed by atoms with van der Waals surface area (Å²) in [5.74, 6) is 0.603. The lowest BCUT2D eigenvalue weighted by Crippen LogP contribution is -2.47. The van der Waals surface area contributed by atoms with E-state index in [1.165, 1.54) is 7.11 Å². The maximum atomic E-state index is 12.5. The molecule has 2 rings (SSSR count). The van der Waals surface area contributed by atoms with Gasteiger partial charge in [0.15, 0.2) is 16.6 Å². The number of ether oxygens (including phenoxy) is 1. The Morgan fingerprint density at radius 2 is 2.11 bits per heavy atom. The van der Waals surface area contributed by atoms with Gasteiger partial charge in [0, 0.05) is 39.1 Å². The summed E-state index contributed by atoms with van der Waals surface area (Å²) in [4.78, 5) is 16.8. The fourth-order valence-corrected chi connectivity index (χ4v) is 3.50. The van der Waals surface area contributed by atoms with Crippen molar-refractivity contribution in [2.24, 2.45) is 5.92 Å². The minimum absolute atomic E-state index is 0.0176. The highest BCUT2D eigenvalue weighted by atomic mass is 32.1. The number of aromatic hydroxyl groups is 1. The molecule has 150 valence electrons. The number of hydrogen-bond donors (Lipinski definition) is 2. The average molecular weight is 394 g/mol. The Kier molecular flexibility index (Phi) is 8.16. The van der Waals surface area contributed by atoms with E-state index in [0.717, 1.165) is 56.0 Å². The highest BCUT2D eigenvalue weighted by Crippen LogP contribution is 2.26. The number of phenols is 1. The molecule has 0 unspecified atom stereocenters. The van der Waals surface area contributed by atoms with Crippen LogP contribution in [0, 0.1) is 5.92 Å². The van der Waals surface area contributed by atoms with Crippen molar-refractivity contribution in [1.82, 2.24) is 15.1 Å². The Labute approximate surface area is 167 Å². The van der Waals surface area contributed by atoms with E-state index in [-0.39, 0.29) is 17.6 Å². The molecule has 1 saturated heterocycles. The van der Waals surface area contributed by atoms with Crippen LogP contribution in [0.15, 0.2) is 18.2 Å². The maximum absolute atomic E-state index is 12.5. The van der Waals surface area contributed by atoms with E-state index < -0.39 is 0 Å². The smallest absolute Gasteiger partial charge is 0.223 e. The zero-order chi connectivity index (χ0) is 19.8. The van der Waals surface area contributed by atoms with Gasteiger partial charge in [-0.3, -0.25) is 4.79 Å². The molecule has 0 spiro atoms. The van der Waals surface area contributed by atoms with Crippen molar-refractivity contribution < 1.29 is 14.6 Å². The Morgan fingerprint density at radius 3 is 2.74 bits per heavy atom. The monoisotopic (exact) mass is 393 g/mol. The first-order chi connectivity index (χ1) is 13.0. The first-order valence-corrected chi connectivity index (χ1v) is 10.0. The number of carbonyl (C=O) groups excluding carboxylic acids is 1. The molecule has 1 aromatic rings. The largest absolute Gasteiger partial charge is 0.504 e. The van der Waals surface area contributed by atoms with Crippen LogP contribution in [0.2, 0.25) is 0 Å². The van der Waals surface area contributed by atoms with Gasteiger partial charge in [-0.15, -0.1) is 0 Å². The summed E-state index contributed by atoms with van der Waals surface area (Å²) in [7, 11) is 3.55. The van der Waals surface area contributed by atoms with Crippen LogP contribution < -0.4 is 10.1 Å². The standard InChI is InChI=1S/C20H31N3O3S/c1-4-5-10-22(2)20(27)23-11-8-16(9-12-23)19(25)21-14-15-6-7-17(24)18(13-15)26-3/h6-7,13,16,24H,4-5,8-12,14H2,1-3H3,(H,21,25). The van der Waals surface area contributed by atoms with Crippen LogP contribution in [0.1, 0.15) is 38.2 Å². The van der Waals surface area contributed by atoms with Gasteiger partial charge in [0.05, 0.1) is 7.11 Å². The third-order valence-corrected chi connectivity index (χ3v) is 5.59. The molecule has 1 heterocycles. The third kappa shape index (κ3) is 5.99. The van der Waals surface area contributed by atoms with Gasteiger partial charge in [0.1, 0.15) is 0 Å². The molecule has 0 saturated carbocycles. The number of nitrogens with one attached hydrogen (secondary N) is 1. The maximum Gasteiger partial charge on any atom is 0.223 e. The summed E-state index contributed by atoms with van der Waals surface area (Å²) in [6.45, 7) is 5.22. The fraction of sp³-hybridized carbons (Fsp3) is 0.600. The van der Waals surface area contributed by atoms with Crippen molar-refractivity contribution in [3.05, 3.63) is 23.8 Å².